The highest BCUT2D eigenvalue weighted by Crippen LogP contribution is 2.12. The van der Waals surface area contributed by atoms with Crippen LogP contribution in [0.1, 0.15) is 22.8 Å². The van der Waals surface area contributed by atoms with Crippen molar-refractivity contribution < 1.29 is 9.53 Å². The molecule has 0 aliphatic carbocycles. The van der Waals surface area contributed by atoms with Crippen molar-refractivity contribution in [3.8, 4) is 0 Å². The number of hydrogen-bond donors (Lipinski definition) is 2. The van der Waals surface area contributed by atoms with E-state index in [-0.39, 0.29) is 36.8 Å². The SMILES string of the molecule is Cc1ccc(N)cc1C(=O)NC(C)CN1CCOCC1.Cl.Cl. The van der Waals surface area contributed by atoms with E-state index in [1.165, 1.54) is 0 Å². The number of nitrogens with one attached hydrogen (secondary N) is 1. The number of nitrogens with zero attached hydrogens (tertiary/aromatic N) is 1. The van der Waals surface area contributed by atoms with Crippen molar-refractivity contribution >= 4 is 36.4 Å². The van der Waals surface area contributed by atoms with Crippen molar-refractivity contribution in [2.24, 2.45) is 0 Å². The van der Waals surface area contributed by atoms with Gasteiger partial charge >= 0.3 is 0 Å². The van der Waals surface area contributed by atoms with Gasteiger partial charge in [-0.15, -0.1) is 24.8 Å². The number of amides is 1. The first-order chi connectivity index (χ1) is 9.56. The average molecular weight is 350 g/mol. The fourth-order valence-electron chi connectivity index (χ4n) is 2.40. The van der Waals surface area contributed by atoms with Gasteiger partial charge in [0, 0.05) is 36.9 Å². The fraction of sp³-hybridized carbons (Fsp3) is 0.533. The van der Waals surface area contributed by atoms with Crippen molar-refractivity contribution in [3.05, 3.63) is 29.3 Å². The number of nitrogen functional groups attached to an aromatic ring is 1. The molecule has 0 saturated carbocycles. The van der Waals surface area contributed by atoms with E-state index in [2.05, 4.69) is 10.2 Å². The molecular weight excluding hydrogens is 325 g/mol. The Kier molecular flexibility index (Phi) is 9.44. The zero-order chi connectivity index (χ0) is 14.5. The number of aryl methyl sites for hydroxylation is 1. The predicted octanol–water partition coefficient (Wildman–Crippen LogP) is 1.87. The van der Waals surface area contributed by atoms with Gasteiger partial charge in [-0.25, -0.2) is 0 Å². The number of anilines is 1. The number of morpholine rings is 1. The third-order valence-electron chi connectivity index (χ3n) is 3.52. The summed E-state index contributed by atoms with van der Waals surface area (Å²) in [6.07, 6.45) is 0. The van der Waals surface area contributed by atoms with E-state index in [4.69, 9.17) is 10.5 Å². The monoisotopic (exact) mass is 349 g/mol. The smallest absolute Gasteiger partial charge is 0.251 e. The lowest BCUT2D eigenvalue weighted by Crippen LogP contribution is -2.46. The minimum absolute atomic E-state index is 0. The summed E-state index contributed by atoms with van der Waals surface area (Å²) in [5.74, 6) is -0.0597. The molecule has 1 heterocycles. The molecule has 1 amide bonds. The number of benzene rings is 1. The van der Waals surface area contributed by atoms with Crippen LogP contribution in [0.3, 0.4) is 0 Å². The maximum atomic E-state index is 12.3. The molecule has 0 aromatic heterocycles. The van der Waals surface area contributed by atoms with E-state index < -0.39 is 0 Å². The van der Waals surface area contributed by atoms with Crippen LogP contribution >= 0.6 is 24.8 Å². The fourth-order valence-corrected chi connectivity index (χ4v) is 2.40. The molecule has 1 atom stereocenters. The van der Waals surface area contributed by atoms with E-state index in [0.717, 1.165) is 38.4 Å². The van der Waals surface area contributed by atoms with E-state index >= 15 is 0 Å². The minimum atomic E-state index is -0.0597. The number of halogens is 2. The molecule has 1 aromatic carbocycles. The molecule has 1 fully saturated rings. The number of hydrogen-bond acceptors (Lipinski definition) is 4. The van der Waals surface area contributed by atoms with Crippen LogP contribution in [0.15, 0.2) is 18.2 Å². The first-order valence-corrected chi connectivity index (χ1v) is 7.03. The minimum Gasteiger partial charge on any atom is -0.399 e. The summed E-state index contributed by atoms with van der Waals surface area (Å²) in [6, 6.07) is 5.51. The molecule has 126 valence electrons. The van der Waals surface area contributed by atoms with Gasteiger partial charge in [0.15, 0.2) is 0 Å². The van der Waals surface area contributed by atoms with Crippen molar-refractivity contribution in [1.82, 2.24) is 10.2 Å². The molecule has 0 radical (unpaired) electrons. The van der Waals surface area contributed by atoms with Crippen molar-refractivity contribution in [2.75, 3.05) is 38.6 Å². The number of carbonyl (C=O) groups excluding carboxylic acids is 1. The quantitative estimate of drug-likeness (QED) is 0.814. The molecule has 1 aliphatic heterocycles. The van der Waals surface area contributed by atoms with Crippen LogP contribution in [-0.4, -0.2) is 49.7 Å². The second-order valence-electron chi connectivity index (χ2n) is 5.36. The Balaban J connectivity index is 0.00000220. The number of carbonyl (C=O) groups is 1. The van der Waals surface area contributed by atoms with E-state index in [1.807, 2.05) is 26.0 Å². The molecule has 3 N–H and O–H groups in total. The van der Waals surface area contributed by atoms with Gasteiger partial charge in [0.05, 0.1) is 13.2 Å². The van der Waals surface area contributed by atoms with Crippen molar-refractivity contribution in [1.29, 1.82) is 0 Å². The van der Waals surface area contributed by atoms with Gasteiger partial charge in [-0.05, 0) is 31.5 Å². The molecule has 1 aromatic rings. The first kappa shape index (κ1) is 21.0. The zero-order valence-corrected chi connectivity index (χ0v) is 14.6. The molecule has 1 aliphatic rings. The normalized spacial score (nSPS) is 16.1. The molecule has 1 saturated heterocycles. The van der Waals surface area contributed by atoms with Gasteiger partial charge in [0.2, 0.25) is 0 Å². The van der Waals surface area contributed by atoms with Crippen LogP contribution in [0.5, 0.6) is 0 Å². The Morgan fingerprint density at radius 1 is 1.36 bits per heavy atom. The van der Waals surface area contributed by atoms with Crippen LogP contribution in [0.25, 0.3) is 0 Å². The predicted molar refractivity (Wildman–Crippen MR) is 94.3 cm³/mol. The standard InChI is InChI=1S/C15H23N3O2.2ClH/c1-11-3-4-13(16)9-14(11)15(19)17-12(2)10-18-5-7-20-8-6-18;;/h3-4,9,12H,5-8,10,16H2,1-2H3,(H,17,19);2*1H. The summed E-state index contributed by atoms with van der Waals surface area (Å²) in [6.45, 7) is 8.19. The van der Waals surface area contributed by atoms with E-state index in [1.54, 1.807) is 6.07 Å². The second-order valence-corrected chi connectivity index (χ2v) is 5.36. The van der Waals surface area contributed by atoms with Gasteiger partial charge in [0.1, 0.15) is 0 Å². The molecule has 1 unspecified atom stereocenters. The third-order valence-corrected chi connectivity index (χ3v) is 3.52. The summed E-state index contributed by atoms with van der Waals surface area (Å²) in [5.41, 5.74) is 7.95. The molecule has 0 bridgehead atoms. The first-order valence-electron chi connectivity index (χ1n) is 7.03. The van der Waals surface area contributed by atoms with Gasteiger partial charge in [0.25, 0.3) is 5.91 Å². The van der Waals surface area contributed by atoms with Gasteiger partial charge in [-0.1, -0.05) is 6.07 Å². The number of rotatable bonds is 4. The average Bonchev–Trinajstić information content (AvgIpc) is 2.42. The van der Waals surface area contributed by atoms with Crippen molar-refractivity contribution in [3.63, 3.8) is 0 Å². The summed E-state index contributed by atoms with van der Waals surface area (Å²) >= 11 is 0. The molecule has 2 rings (SSSR count). The van der Waals surface area contributed by atoms with Crippen LogP contribution in [-0.2, 0) is 4.74 Å². The number of ether oxygens (including phenoxy) is 1. The molecule has 5 nitrogen and oxygen atoms in total. The van der Waals surface area contributed by atoms with Crippen LogP contribution in [0.4, 0.5) is 5.69 Å². The van der Waals surface area contributed by atoms with Gasteiger partial charge in [-0.2, -0.15) is 0 Å². The summed E-state index contributed by atoms with van der Waals surface area (Å²) in [4.78, 5) is 14.6. The Labute approximate surface area is 144 Å². The van der Waals surface area contributed by atoms with Crippen LogP contribution in [0, 0.1) is 6.92 Å². The Bertz CT molecular complexity index is 480. The Morgan fingerprint density at radius 2 is 2.00 bits per heavy atom. The third kappa shape index (κ3) is 6.01. The highest BCUT2D eigenvalue weighted by Gasteiger charge is 2.16. The maximum absolute atomic E-state index is 12.3. The topological polar surface area (TPSA) is 67.6 Å². The van der Waals surface area contributed by atoms with E-state index in [9.17, 15) is 4.79 Å². The molecule has 0 spiro atoms. The lowest BCUT2D eigenvalue weighted by molar-refractivity contribution is 0.0342. The summed E-state index contributed by atoms with van der Waals surface area (Å²) in [7, 11) is 0. The van der Waals surface area contributed by atoms with Gasteiger partial charge in [-0.3, -0.25) is 9.69 Å². The zero-order valence-electron chi connectivity index (χ0n) is 13.0. The van der Waals surface area contributed by atoms with Crippen molar-refractivity contribution in [2.45, 2.75) is 19.9 Å². The molecule has 22 heavy (non-hydrogen) atoms. The highest BCUT2D eigenvalue weighted by atomic mass is 35.5. The second kappa shape index (κ2) is 9.90. The van der Waals surface area contributed by atoms with Gasteiger partial charge < -0.3 is 15.8 Å². The molecule has 7 heteroatoms. The Morgan fingerprint density at radius 3 is 2.64 bits per heavy atom. The lowest BCUT2D eigenvalue weighted by atomic mass is 10.1. The van der Waals surface area contributed by atoms with Crippen LogP contribution in [0.2, 0.25) is 0 Å². The maximum Gasteiger partial charge on any atom is 0.251 e. The highest BCUT2D eigenvalue weighted by molar-refractivity contribution is 5.96. The number of nitrogens with two attached hydrogens (primary N) is 1. The van der Waals surface area contributed by atoms with E-state index in [0.29, 0.717) is 11.3 Å². The summed E-state index contributed by atoms with van der Waals surface area (Å²) < 4.78 is 5.32. The lowest BCUT2D eigenvalue weighted by Gasteiger charge is -2.29. The summed E-state index contributed by atoms with van der Waals surface area (Å²) in [5, 5.41) is 3.03. The Hall–Kier alpha value is -1.01. The van der Waals surface area contributed by atoms with Crippen LogP contribution < -0.4 is 11.1 Å². The molecular formula is C15H25Cl2N3O2. The largest absolute Gasteiger partial charge is 0.399 e.